The maximum Gasteiger partial charge on any atom is 0.252 e. The quantitative estimate of drug-likeness (QED) is 0.752. The lowest BCUT2D eigenvalue weighted by Crippen LogP contribution is -2.33. The van der Waals surface area contributed by atoms with E-state index in [1.165, 1.54) is 11.3 Å². The summed E-state index contributed by atoms with van der Waals surface area (Å²) in [4.78, 5) is 13.3. The zero-order valence-corrected chi connectivity index (χ0v) is 13.7. The van der Waals surface area contributed by atoms with E-state index in [2.05, 4.69) is 15.5 Å². The zero-order chi connectivity index (χ0) is 16.4. The molecule has 3 heterocycles. The molecule has 2 atom stereocenters. The number of aryl methyl sites for hydroxylation is 1. The summed E-state index contributed by atoms with van der Waals surface area (Å²) >= 11 is 1.51. The first-order valence-corrected chi connectivity index (χ1v) is 8.26. The average molecular weight is 330 g/mol. The second-order valence-corrected chi connectivity index (χ2v) is 6.51. The van der Waals surface area contributed by atoms with Gasteiger partial charge in [-0.3, -0.25) is 9.20 Å². The number of aliphatic hydroxyl groups is 1. The van der Waals surface area contributed by atoms with Crippen molar-refractivity contribution < 1.29 is 9.90 Å². The molecular weight excluding hydrogens is 312 g/mol. The van der Waals surface area contributed by atoms with Gasteiger partial charge in [0.15, 0.2) is 5.65 Å². The second kappa shape index (κ2) is 6.47. The molecule has 2 unspecified atom stereocenters. The lowest BCUT2D eigenvalue weighted by atomic mass is 10.1. The second-order valence-electron chi connectivity index (χ2n) is 5.53. The van der Waals surface area contributed by atoms with E-state index in [9.17, 15) is 9.90 Å². The number of hydrogen-bond acceptors (Lipinski definition) is 5. The Morgan fingerprint density at radius 3 is 2.96 bits per heavy atom. The maximum absolute atomic E-state index is 12.4. The summed E-state index contributed by atoms with van der Waals surface area (Å²) in [7, 11) is 0. The minimum atomic E-state index is -0.562. The van der Waals surface area contributed by atoms with Crippen molar-refractivity contribution in [3.8, 4) is 0 Å². The van der Waals surface area contributed by atoms with Gasteiger partial charge in [0.1, 0.15) is 5.82 Å². The van der Waals surface area contributed by atoms with Crippen molar-refractivity contribution in [2.45, 2.75) is 32.4 Å². The third kappa shape index (κ3) is 3.40. The van der Waals surface area contributed by atoms with Gasteiger partial charge in [0.2, 0.25) is 0 Å². The molecule has 0 aliphatic rings. The SMILES string of the molecule is Cc1nnc2ccc(C(=O)NC(C)CC(O)c3cccs3)cn12. The number of nitrogens with one attached hydrogen (secondary N) is 1. The number of hydrogen-bond donors (Lipinski definition) is 2. The van der Waals surface area contributed by atoms with Crippen LogP contribution in [0.2, 0.25) is 0 Å². The van der Waals surface area contributed by atoms with E-state index in [0.29, 0.717) is 17.6 Å². The van der Waals surface area contributed by atoms with Gasteiger partial charge < -0.3 is 10.4 Å². The van der Waals surface area contributed by atoms with Crippen molar-refractivity contribution in [1.29, 1.82) is 0 Å². The van der Waals surface area contributed by atoms with Crippen molar-refractivity contribution in [1.82, 2.24) is 19.9 Å². The highest BCUT2D eigenvalue weighted by molar-refractivity contribution is 7.10. The van der Waals surface area contributed by atoms with Gasteiger partial charge in [-0.25, -0.2) is 0 Å². The van der Waals surface area contributed by atoms with E-state index >= 15 is 0 Å². The molecule has 23 heavy (non-hydrogen) atoms. The number of aromatic nitrogens is 3. The minimum Gasteiger partial charge on any atom is -0.387 e. The third-order valence-electron chi connectivity index (χ3n) is 3.66. The average Bonchev–Trinajstić information content (AvgIpc) is 3.17. The smallest absolute Gasteiger partial charge is 0.252 e. The van der Waals surface area contributed by atoms with E-state index in [1.807, 2.05) is 31.4 Å². The molecule has 0 spiro atoms. The van der Waals surface area contributed by atoms with Crippen molar-refractivity contribution in [2.24, 2.45) is 0 Å². The Labute approximate surface area is 137 Å². The van der Waals surface area contributed by atoms with Crippen LogP contribution in [0.4, 0.5) is 0 Å². The molecule has 0 bridgehead atoms. The number of aliphatic hydroxyl groups excluding tert-OH is 1. The van der Waals surface area contributed by atoms with Gasteiger partial charge in [-0.15, -0.1) is 21.5 Å². The molecule has 6 nitrogen and oxygen atoms in total. The molecule has 3 rings (SSSR count). The molecule has 3 aromatic heterocycles. The molecule has 0 radical (unpaired) electrons. The first kappa shape index (κ1) is 15.6. The first-order valence-electron chi connectivity index (χ1n) is 7.38. The number of thiophene rings is 1. The van der Waals surface area contributed by atoms with Crippen LogP contribution in [0.3, 0.4) is 0 Å². The fourth-order valence-electron chi connectivity index (χ4n) is 2.44. The third-order valence-corrected chi connectivity index (χ3v) is 4.63. The molecule has 0 saturated heterocycles. The highest BCUT2D eigenvalue weighted by Gasteiger charge is 2.16. The largest absolute Gasteiger partial charge is 0.387 e. The van der Waals surface area contributed by atoms with Crippen molar-refractivity contribution in [3.63, 3.8) is 0 Å². The van der Waals surface area contributed by atoms with Gasteiger partial charge >= 0.3 is 0 Å². The molecule has 3 aromatic rings. The van der Waals surface area contributed by atoms with Gasteiger partial charge in [0.05, 0.1) is 11.7 Å². The number of nitrogens with zero attached hydrogens (tertiary/aromatic N) is 3. The molecule has 7 heteroatoms. The van der Waals surface area contributed by atoms with Crippen LogP contribution in [0.25, 0.3) is 5.65 Å². The lowest BCUT2D eigenvalue weighted by molar-refractivity contribution is 0.0918. The van der Waals surface area contributed by atoms with Crippen LogP contribution < -0.4 is 5.32 Å². The standard InChI is InChI=1S/C16H18N4O2S/c1-10(8-13(21)14-4-3-7-23-14)17-16(22)12-5-6-15-19-18-11(2)20(15)9-12/h3-7,9-10,13,21H,8H2,1-2H3,(H,17,22). The summed E-state index contributed by atoms with van der Waals surface area (Å²) in [5, 5.41) is 23.0. The van der Waals surface area contributed by atoms with Gasteiger partial charge in [-0.2, -0.15) is 0 Å². The topological polar surface area (TPSA) is 79.5 Å². The Hall–Kier alpha value is -2.25. The highest BCUT2D eigenvalue weighted by Crippen LogP contribution is 2.22. The molecular formula is C16H18N4O2S. The lowest BCUT2D eigenvalue weighted by Gasteiger charge is -2.17. The Morgan fingerprint density at radius 1 is 1.39 bits per heavy atom. The van der Waals surface area contributed by atoms with E-state index in [0.717, 1.165) is 10.7 Å². The highest BCUT2D eigenvalue weighted by atomic mass is 32.1. The van der Waals surface area contributed by atoms with Crippen molar-refractivity contribution in [2.75, 3.05) is 0 Å². The predicted octanol–water partition coefficient (Wildman–Crippen LogP) is 2.34. The molecule has 120 valence electrons. The number of carbonyl (C=O) groups excluding carboxylic acids is 1. The fourth-order valence-corrected chi connectivity index (χ4v) is 3.16. The Balaban J connectivity index is 1.66. The molecule has 0 aliphatic heterocycles. The van der Waals surface area contributed by atoms with Crippen LogP contribution in [0.15, 0.2) is 35.8 Å². The van der Waals surface area contributed by atoms with Crippen LogP contribution in [0.5, 0.6) is 0 Å². The minimum absolute atomic E-state index is 0.141. The maximum atomic E-state index is 12.4. The van der Waals surface area contributed by atoms with Gasteiger partial charge in [0, 0.05) is 17.1 Å². The Bertz CT molecular complexity index is 813. The first-order chi connectivity index (χ1) is 11.0. The van der Waals surface area contributed by atoms with E-state index < -0.39 is 6.10 Å². The molecule has 0 aromatic carbocycles. The number of amides is 1. The van der Waals surface area contributed by atoms with Gasteiger partial charge in [0.25, 0.3) is 5.91 Å². The van der Waals surface area contributed by atoms with Gasteiger partial charge in [-0.1, -0.05) is 6.07 Å². The summed E-state index contributed by atoms with van der Waals surface area (Å²) in [5.74, 6) is 0.557. The summed E-state index contributed by atoms with van der Waals surface area (Å²) < 4.78 is 1.78. The van der Waals surface area contributed by atoms with Crippen LogP contribution in [-0.4, -0.2) is 31.7 Å². The summed E-state index contributed by atoms with van der Waals surface area (Å²) in [6.07, 6.45) is 1.63. The van der Waals surface area contributed by atoms with Crippen molar-refractivity contribution >= 4 is 22.9 Å². The number of carbonyl (C=O) groups is 1. The number of rotatable bonds is 5. The fraction of sp³-hybridized carbons (Fsp3) is 0.312. The monoisotopic (exact) mass is 330 g/mol. The Kier molecular flexibility index (Phi) is 4.40. The molecule has 0 saturated carbocycles. The summed E-state index contributed by atoms with van der Waals surface area (Å²) in [6, 6.07) is 7.15. The molecule has 2 N–H and O–H groups in total. The zero-order valence-electron chi connectivity index (χ0n) is 12.9. The van der Waals surface area contributed by atoms with E-state index in [1.54, 1.807) is 22.7 Å². The Morgan fingerprint density at radius 2 is 2.22 bits per heavy atom. The molecule has 0 aliphatic carbocycles. The number of fused-ring (bicyclic) bond motifs is 1. The predicted molar refractivity (Wildman–Crippen MR) is 88.5 cm³/mol. The van der Waals surface area contributed by atoms with Crippen LogP contribution in [0.1, 0.15) is 40.5 Å². The molecule has 0 fully saturated rings. The number of pyridine rings is 1. The van der Waals surface area contributed by atoms with Crippen LogP contribution in [-0.2, 0) is 0 Å². The summed E-state index contributed by atoms with van der Waals surface area (Å²) in [6.45, 7) is 3.72. The van der Waals surface area contributed by atoms with E-state index in [-0.39, 0.29) is 11.9 Å². The van der Waals surface area contributed by atoms with Crippen LogP contribution in [0, 0.1) is 6.92 Å². The van der Waals surface area contributed by atoms with E-state index in [4.69, 9.17) is 0 Å². The summed E-state index contributed by atoms with van der Waals surface area (Å²) in [5.41, 5.74) is 1.25. The van der Waals surface area contributed by atoms with Crippen LogP contribution >= 0.6 is 11.3 Å². The van der Waals surface area contributed by atoms with Gasteiger partial charge in [-0.05, 0) is 43.8 Å². The normalized spacial score (nSPS) is 13.9. The molecule has 1 amide bonds. The van der Waals surface area contributed by atoms with Crippen molar-refractivity contribution in [3.05, 3.63) is 52.1 Å².